The summed E-state index contributed by atoms with van der Waals surface area (Å²) in [6.07, 6.45) is 2.88. The lowest BCUT2D eigenvalue weighted by Gasteiger charge is -2.29. The van der Waals surface area contributed by atoms with Crippen molar-refractivity contribution in [2.45, 2.75) is 46.6 Å². The number of benzene rings is 2. The molecule has 2 aromatic rings. The zero-order valence-electron chi connectivity index (χ0n) is 18.7. The summed E-state index contributed by atoms with van der Waals surface area (Å²) in [6.45, 7) is 7.84. The molecule has 0 aromatic heterocycles. The molecule has 0 spiro atoms. The standard InChI is InChI=1S/C23H31N3O4S/c1-6-7-12-24-23(28)20-10-8-9-11-21(20)25-22(27)18(4)26(31(5,29)30)19-14-16(2)13-17(3)15-19/h8-11,13-15,18H,6-7,12H2,1-5H3,(H,24,28)(H,25,27)/t18-/m1/s1. The minimum Gasteiger partial charge on any atom is -0.352 e. The number of aryl methyl sites for hydroxylation is 2. The Hall–Kier alpha value is -2.87. The van der Waals surface area contributed by atoms with Crippen molar-refractivity contribution in [1.82, 2.24) is 5.32 Å². The van der Waals surface area contributed by atoms with Crippen molar-refractivity contribution >= 4 is 33.2 Å². The highest BCUT2D eigenvalue weighted by molar-refractivity contribution is 7.92. The summed E-state index contributed by atoms with van der Waals surface area (Å²) >= 11 is 0. The first-order valence-electron chi connectivity index (χ1n) is 10.3. The minimum atomic E-state index is -3.74. The van der Waals surface area contributed by atoms with Crippen LogP contribution in [0.1, 0.15) is 48.2 Å². The predicted molar refractivity (Wildman–Crippen MR) is 125 cm³/mol. The molecule has 0 saturated carbocycles. The van der Waals surface area contributed by atoms with Gasteiger partial charge in [-0.3, -0.25) is 13.9 Å². The zero-order chi connectivity index (χ0) is 23.2. The van der Waals surface area contributed by atoms with E-state index < -0.39 is 22.0 Å². The summed E-state index contributed by atoms with van der Waals surface area (Å²) < 4.78 is 26.2. The SMILES string of the molecule is CCCCNC(=O)c1ccccc1NC(=O)[C@@H](C)N(c1cc(C)cc(C)c1)S(C)(=O)=O. The molecule has 0 aliphatic heterocycles. The lowest BCUT2D eigenvalue weighted by molar-refractivity contribution is -0.116. The van der Waals surface area contributed by atoms with Crippen molar-refractivity contribution in [3.05, 3.63) is 59.2 Å². The number of unbranched alkanes of at least 4 members (excludes halogenated alkanes) is 1. The second-order valence-electron chi connectivity index (χ2n) is 7.72. The van der Waals surface area contributed by atoms with E-state index >= 15 is 0 Å². The van der Waals surface area contributed by atoms with Crippen LogP contribution in [0.4, 0.5) is 11.4 Å². The van der Waals surface area contributed by atoms with Gasteiger partial charge in [0.25, 0.3) is 5.91 Å². The molecule has 0 radical (unpaired) electrons. The fraction of sp³-hybridized carbons (Fsp3) is 0.391. The van der Waals surface area contributed by atoms with E-state index in [-0.39, 0.29) is 5.91 Å². The topological polar surface area (TPSA) is 95.6 Å². The van der Waals surface area contributed by atoms with Crippen molar-refractivity contribution in [2.75, 3.05) is 22.4 Å². The quantitative estimate of drug-likeness (QED) is 0.576. The third-order valence-corrected chi connectivity index (χ3v) is 6.04. The molecule has 8 heteroatoms. The highest BCUT2D eigenvalue weighted by Gasteiger charge is 2.30. The van der Waals surface area contributed by atoms with Gasteiger partial charge in [0.1, 0.15) is 6.04 Å². The van der Waals surface area contributed by atoms with Crippen LogP contribution < -0.4 is 14.9 Å². The molecule has 31 heavy (non-hydrogen) atoms. The van der Waals surface area contributed by atoms with Gasteiger partial charge in [-0.05, 0) is 62.6 Å². The summed E-state index contributed by atoms with van der Waals surface area (Å²) in [5.41, 5.74) is 2.88. The molecule has 2 aromatic carbocycles. The van der Waals surface area contributed by atoms with E-state index in [1.165, 1.54) is 6.92 Å². The summed E-state index contributed by atoms with van der Waals surface area (Å²) in [4.78, 5) is 25.5. The van der Waals surface area contributed by atoms with E-state index in [0.717, 1.165) is 34.5 Å². The monoisotopic (exact) mass is 445 g/mol. The molecule has 168 valence electrons. The zero-order valence-corrected chi connectivity index (χ0v) is 19.5. The number of nitrogens with one attached hydrogen (secondary N) is 2. The van der Waals surface area contributed by atoms with Gasteiger partial charge in [-0.15, -0.1) is 0 Å². The first-order valence-corrected chi connectivity index (χ1v) is 12.1. The predicted octanol–water partition coefficient (Wildman–Crippen LogP) is 3.63. The van der Waals surface area contributed by atoms with Crippen LogP contribution in [0.25, 0.3) is 0 Å². The molecule has 0 aliphatic carbocycles. The maximum absolute atomic E-state index is 13.0. The summed E-state index contributed by atoms with van der Waals surface area (Å²) in [5.74, 6) is -0.815. The average molecular weight is 446 g/mol. The van der Waals surface area contributed by atoms with Gasteiger partial charge in [-0.2, -0.15) is 0 Å². The van der Waals surface area contributed by atoms with E-state index in [9.17, 15) is 18.0 Å². The van der Waals surface area contributed by atoms with Crippen LogP contribution in [0.2, 0.25) is 0 Å². The maximum atomic E-state index is 13.0. The first kappa shape index (κ1) is 24.4. The van der Waals surface area contributed by atoms with Gasteiger partial charge in [-0.25, -0.2) is 8.42 Å². The van der Waals surface area contributed by atoms with E-state index in [1.807, 2.05) is 26.8 Å². The van der Waals surface area contributed by atoms with Crippen molar-refractivity contribution < 1.29 is 18.0 Å². The molecule has 2 N–H and O–H groups in total. The van der Waals surface area contributed by atoms with E-state index in [0.29, 0.717) is 23.5 Å². The molecule has 7 nitrogen and oxygen atoms in total. The molecule has 2 amide bonds. The molecule has 0 bridgehead atoms. The van der Waals surface area contributed by atoms with E-state index in [1.54, 1.807) is 36.4 Å². The van der Waals surface area contributed by atoms with Crippen LogP contribution in [0.15, 0.2) is 42.5 Å². The van der Waals surface area contributed by atoms with Crippen molar-refractivity contribution in [2.24, 2.45) is 0 Å². The maximum Gasteiger partial charge on any atom is 0.253 e. The molecule has 1 atom stereocenters. The first-order chi connectivity index (χ1) is 14.5. The van der Waals surface area contributed by atoms with E-state index in [2.05, 4.69) is 10.6 Å². The molecule has 0 saturated heterocycles. The Balaban J connectivity index is 2.31. The number of nitrogens with zero attached hydrogens (tertiary/aromatic N) is 1. The van der Waals surface area contributed by atoms with Gasteiger partial charge >= 0.3 is 0 Å². The Morgan fingerprint density at radius 2 is 1.68 bits per heavy atom. The van der Waals surface area contributed by atoms with Crippen LogP contribution in [0.5, 0.6) is 0 Å². The van der Waals surface area contributed by atoms with Crippen LogP contribution >= 0.6 is 0 Å². The van der Waals surface area contributed by atoms with Gasteiger partial charge in [0.2, 0.25) is 15.9 Å². The van der Waals surface area contributed by atoms with Gasteiger partial charge in [0, 0.05) is 6.54 Å². The second kappa shape index (κ2) is 10.4. The number of para-hydroxylation sites is 1. The Labute approximate surface area is 184 Å². The number of rotatable bonds is 9. The Morgan fingerprint density at radius 3 is 2.26 bits per heavy atom. The number of sulfonamides is 1. The Kier molecular flexibility index (Phi) is 8.21. The summed E-state index contributed by atoms with van der Waals surface area (Å²) in [6, 6.07) is 11.0. The number of amides is 2. The molecule has 2 rings (SSSR count). The molecule has 0 unspecified atom stereocenters. The number of anilines is 2. The van der Waals surface area contributed by atoms with Crippen LogP contribution in [0, 0.1) is 13.8 Å². The van der Waals surface area contributed by atoms with Crippen molar-refractivity contribution in [1.29, 1.82) is 0 Å². The molecule has 0 fully saturated rings. The highest BCUT2D eigenvalue weighted by Crippen LogP contribution is 2.25. The molecular weight excluding hydrogens is 414 g/mol. The van der Waals surface area contributed by atoms with Gasteiger partial charge in [-0.1, -0.05) is 31.5 Å². The normalized spacial score (nSPS) is 12.2. The van der Waals surface area contributed by atoms with Crippen molar-refractivity contribution in [3.63, 3.8) is 0 Å². The fourth-order valence-electron chi connectivity index (χ4n) is 3.39. The lowest BCUT2D eigenvalue weighted by atomic mass is 10.1. The minimum absolute atomic E-state index is 0.286. The molecular formula is C23H31N3O4S. The van der Waals surface area contributed by atoms with E-state index in [4.69, 9.17) is 0 Å². The summed E-state index contributed by atoms with van der Waals surface area (Å²) in [5, 5.41) is 5.56. The fourth-order valence-corrected chi connectivity index (χ4v) is 4.55. The highest BCUT2D eigenvalue weighted by atomic mass is 32.2. The third-order valence-electron chi connectivity index (χ3n) is 4.79. The van der Waals surface area contributed by atoms with Gasteiger partial charge in [0.15, 0.2) is 0 Å². The van der Waals surface area contributed by atoms with Crippen molar-refractivity contribution in [3.8, 4) is 0 Å². The number of carbonyl (C=O) groups excluding carboxylic acids is 2. The smallest absolute Gasteiger partial charge is 0.253 e. The van der Waals surface area contributed by atoms with Gasteiger partial charge in [0.05, 0.1) is 23.2 Å². The number of hydrogen-bond acceptors (Lipinski definition) is 4. The number of carbonyl (C=O) groups is 2. The molecule has 0 heterocycles. The summed E-state index contributed by atoms with van der Waals surface area (Å²) in [7, 11) is -3.74. The number of hydrogen-bond donors (Lipinski definition) is 2. The Bertz CT molecular complexity index is 1030. The van der Waals surface area contributed by atoms with Gasteiger partial charge < -0.3 is 10.6 Å². The third kappa shape index (κ3) is 6.55. The largest absolute Gasteiger partial charge is 0.352 e. The molecule has 0 aliphatic rings. The van der Waals surface area contributed by atoms with Crippen LogP contribution in [0.3, 0.4) is 0 Å². The van der Waals surface area contributed by atoms with Crippen LogP contribution in [-0.2, 0) is 14.8 Å². The van der Waals surface area contributed by atoms with Crippen LogP contribution in [-0.4, -0.2) is 39.1 Å². The Morgan fingerprint density at radius 1 is 1.06 bits per heavy atom. The average Bonchev–Trinajstić information content (AvgIpc) is 2.66. The lowest BCUT2D eigenvalue weighted by Crippen LogP contribution is -2.45. The second-order valence-corrected chi connectivity index (χ2v) is 9.58.